The monoisotopic (exact) mass is 434 g/mol. The van der Waals surface area contributed by atoms with Gasteiger partial charge in [0.1, 0.15) is 18.1 Å². The number of carbonyl (C=O) groups is 3. The van der Waals surface area contributed by atoms with Gasteiger partial charge in [0, 0.05) is 17.3 Å². The summed E-state index contributed by atoms with van der Waals surface area (Å²) >= 11 is 0. The average molecular weight is 434 g/mol. The molecule has 0 atom stereocenters. The molecule has 0 unspecified atom stereocenters. The molecule has 9 heteroatoms. The van der Waals surface area contributed by atoms with Crippen LogP contribution >= 0.6 is 0 Å². The molecule has 1 aliphatic carbocycles. The fourth-order valence-corrected chi connectivity index (χ4v) is 2.81. The lowest BCUT2D eigenvalue weighted by molar-refractivity contribution is 0.0828. The van der Waals surface area contributed by atoms with Crippen LogP contribution in [-0.2, 0) is 6.61 Å². The van der Waals surface area contributed by atoms with Crippen LogP contribution < -0.4 is 26.2 Å². The minimum atomic E-state index is -0.609. The van der Waals surface area contributed by atoms with Gasteiger partial charge in [0.25, 0.3) is 5.91 Å². The van der Waals surface area contributed by atoms with Crippen LogP contribution in [-0.4, -0.2) is 23.9 Å². The molecule has 0 saturated heterocycles. The molecule has 0 radical (unpaired) electrons. The number of amides is 4. The Hall–Kier alpha value is -4.27. The lowest BCUT2D eigenvalue weighted by atomic mass is 10.2. The molecule has 3 aromatic rings. The van der Waals surface area contributed by atoms with Crippen LogP contribution in [0.1, 0.15) is 39.5 Å². The summed E-state index contributed by atoms with van der Waals surface area (Å²) in [6, 6.07) is 18.6. The molecule has 1 aliphatic rings. The Bertz CT molecular complexity index is 1110. The predicted molar refractivity (Wildman–Crippen MR) is 116 cm³/mol. The molecule has 0 aliphatic heterocycles. The van der Waals surface area contributed by atoms with Crippen LogP contribution in [0.25, 0.3) is 0 Å². The maximum atomic E-state index is 12.4. The molecule has 4 rings (SSSR count). The van der Waals surface area contributed by atoms with Crippen LogP contribution in [0.3, 0.4) is 0 Å². The number of furan rings is 1. The number of para-hydroxylation sites is 1. The van der Waals surface area contributed by atoms with Gasteiger partial charge >= 0.3 is 11.9 Å². The first-order valence-electron chi connectivity index (χ1n) is 10.1. The number of urea groups is 1. The number of ether oxygens (including phenoxy) is 1. The molecule has 9 nitrogen and oxygen atoms in total. The first-order valence-corrected chi connectivity index (χ1v) is 10.1. The van der Waals surface area contributed by atoms with Gasteiger partial charge in [-0.05, 0) is 55.3 Å². The van der Waals surface area contributed by atoms with E-state index >= 15 is 0 Å². The standard InChI is InChI=1S/C23H22N4O5/c28-21(15-5-4-6-17(13-15)25-23(30)24-16-9-10-16)26-27-22(29)20-12-11-19(32-20)14-31-18-7-2-1-3-8-18/h1-8,11-13,16H,9-10,14H2,(H,26,28)(H,27,29)(H2,24,25,30). The second-order valence-electron chi connectivity index (χ2n) is 7.23. The summed E-state index contributed by atoms with van der Waals surface area (Å²) in [4.78, 5) is 36.5. The lowest BCUT2D eigenvalue weighted by Gasteiger charge is -2.09. The van der Waals surface area contributed by atoms with Crippen molar-refractivity contribution in [3.63, 3.8) is 0 Å². The average Bonchev–Trinajstić information content (AvgIpc) is 3.49. The van der Waals surface area contributed by atoms with Crippen molar-refractivity contribution >= 4 is 23.5 Å². The number of hydrogen-bond donors (Lipinski definition) is 4. The van der Waals surface area contributed by atoms with Gasteiger partial charge in [0.05, 0.1) is 0 Å². The van der Waals surface area contributed by atoms with Crippen molar-refractivity contribution in [1.29, 1.82) is 0 Å². The van der Waals surface area contributed by atoms with Gasteiger partial charge in [-0.3, -0.25) is 20.4 Å². The van der Waals surface area contributed by atoms with Gasteiger partial charge in [-0.25, -0.2) is 4.79 Å². The smallest absolute Gasteiger partial charge is 0.319 e. The molecule has 0 spiro atoms. The Kier molecular flexibility index (Phi) is 6.35. The van der Waals surface area contributed by atoms with E-state index in [0.717, 1.165) is 12.8 Å². The van der Waals surface area contributed by atoms with Crippen molar-refractivity contribution in [2.45, 2.75) is 25.5 Å². The van der Waals surface area contributed by atoms with Crippen LogP contribution in [0.2, 0.25) is 0 Å². The zero-order chi connectivity index (χ0) is 22.3. The largest absolute Gasteiger partial charge is 0.486 e. The molecular formula is C23H22N4O5. The third-order valence-corrected chi connectivity index (χ3v) is 4.59. The van der Waals surface area contributed by atoms with E-state index in [0.29, 0.717) is 17.2 Å². The maximum absolute atomic E-state index is 12.4. The van der Waals surface area contributed by atoms with Crippen LogP contribution in [0.4, 0.5) is 10.5 Å². The highest BCUT2D eigenvalue weighted by Gasteiger charge is 2.23. The van der Waals surface area contributed by atoms with Crippen LogP contribution in [0.15, 0.2) is 71.1 Å². The summed E-state index contributed by atoms with van der Waals surface area (Å²) in [6.45, 7) is 0.164. The minimum absolute atomic E-state index is 0.0316. The van der Waals surface area contributed by atoms with Crippen molar-refractivity contribution in [2.75, 3.05) is 5.32 Å². The Morgan fingerprint density at radius 3 is 2.47 bits per heavy atom. The number of nitrogens with one attached hydrogen (secondary N) is 4. The molecule has 1 heterocycles. The van der Waals surface area contributed by atoms with Crippen LogP contribution in [0.5, 0.6) is 5.75 Å². The molecule has 1 aromatic heterocycles. The van der Waals surface area contributed by atoms with E-state index < -0.39 is 11.8 Å². The van der Waals surface area contributed by atoms with E-state index in [-0.39, 0.29) is 30.0 Å². The quantitative estimate of drug-likeness (QED) is 0.426. The number of anilines is 1. The van der Waals surface area contributed by atoms with E-state index in [4.69, 9.17) is 9.15 Å². The molecule has 1 fully saturated rings. The third kappa shape index (κ3) is 5.88. The summed E-state index contributed by atoms with van der Waals surface area (Å²) in [5.74, 6) is 0.0350. The van der Waals surface area contributed by atoms with Gasteiger partial charge in [0.15, 0.2) is 5.76 Å². The predicted octanol–water partition coefficient (Wildman–Crippen LogP) is 3.22. The van der Waals surface area contributed by atoms with Crippen molar-refractivity contribution < 1.29 is 23.5 Å². The van der Waals surface area contributed by atoms with Crippen molar-refractivity contribution in [2.24, 2.45) is 0 Å². The fraction of sp³-hybridized carbons (Fsp3) is 0.174. The third-order valence-electron chi connectivity index (χ3n) is 4.59. The molecule has 164 valence electrons. The molecule has 4 N–H and O–H groups in total. The van der Waals surface area contributed by atoms with Crippen LogP contribution in [0, 0.1) is 0 Å². The Balaban J connectivity index is 1.26. The highest BCUT2D eigenvalue weighted by molar-refractivity contribution is 5.99. The highest BCUT2D eigenvalue weighted by Crippen LogP contribution is 2.19. The summed E-state index contributed by atoms with van der Waals surface area (Å²) in [5, 5.41) is 5.48. The Labute approximate surface area is 184 Å². The lowest BCUT2D eigenvalue weighted by Crippen LogP contribution is -2.41. The van der Waals surface area contributed by atoms with Gasteiger partial charge in [0.2, 0.25) is 0 Å². The van der Waals surface area contributed by atoms with Crippen molar-refractivity contribution in [3.8, 4) is 5.75 Å². The molecule has 4 amide bonds. The van der Waals surface area contributed by atoms with Gasteiger partial charge < -0.3 is 19.8 Å². The molecular weight excluding hydrogens is 412 g/mol. The van der Waals surface area contributed by atoms with Gasteiger partial charge in [-0.1, -0.05) is 24.3 Å². The normalized spacial score (nSPS) is 12.5. The summed E-state index contributed by atoms with van der Waals surface area (Å²) in [6.07, 6.45) is 1.96. The number of benzene rings is 2. The fourth-order valence-electron chi connectivity index (χ4n) is 2.81. The van der Waals surface area contributed by atoms with Gasteiger partial charge in [-0.15, -0.1) is 0 Å². The summed E-state index contributed by atoms with van der Waals surface area (Å²) < 4.78 is 11.0. The number of hydrazine groups is 1. The van der Waals surface area contributed by atoms with E-state index in [9.17, 15) is 14.4 Å². The number of hydrogen-bond acceptors (Lipinski definition) is 5. The highest BCUT2D eigenvalue weighted by atomic mass is 16.5. The van der Waals surface area contributed by atoms with E-state index in [1.807, 2.05) is 30.3 Å². The molecule has 2 aromatic carbocycles. The van der Waals surface area contributed by atoms with Crippen molar-refractivity contribution in [3.05, 3.63) is 83.8 Å². The zero-order valence-electron chi connectivity index (χ0n) is 17.1. The Morgan fingerprint density at radius 2 is 1.69 bits per heavy atom. The van der Waals surface area contributed by atoms with Crippen molar-refractivity contribution in [1.82, 2.24) is 16.2 Å². The first-order chi connectivity index (χ1) is 15.6. The second kappa shape index (κ2) is 9.69. The summed E-state index contributed by atoms with van der Waals surface area (Å²) in [7, 11) is 0. The SMILES string of the molecule is O=C(Nc1cccc(C(=O)NNC(=O)c2ccc(COc3ccccc3)o2)c1)NC1CC1. The second-order valence-corrected chi connectivity index (χ2v) is 7.23. The molecule has 32 heavy (non-hydrogen) atoms. The van der Waals surface area contributed by atoms with E-state index in [2.05, 4.69) is 21.5 Å². The first kappa shape index (κ1) is 21.0. The summed E-state index contributed by atoms with van der Waals surface area (Å²) in [5.41, 5.74) is 5.37. The van der Waals surface area contributed by atoms with E-state index in [1.54, 1.807) is 24.3 Å². The zero-order valence-corrected chi connectivity index (χ0v) is 17.1. The molecule has 1 saturated carbocycles. The van der Waals surface area contributed by atoms with E-state index in [1.165, 1.54) is 12.1 Å². The number of carbonyl (C=O) groups excluding carboxylic acids is 3. The number of rotatable bonds is 7. The Morgan fingerprint density at radius 1 is 0.906 bits per heavy atom. The maximum Gasteiger partial charge on any atom is 0.319 e. The topological polar surface area (TPSA) is 122 Å². The van der Waals surface area contributed by atoms with Gasteiger partial charge in [-0.2, -0.15) is 0 Å². The minimum Gasteiger partial charge on any atom is -0.486 e. The molecule has 0 bridgehead atoms.